The fourth-order valence-electron chi connectivity index (χ4n) is 1.87. The Morgan fingerprint density at radius 2 is 2.09 bits per heavy atom. The van der Waals surface area contributed by atoms with Crippen LogP contribution in [0.3, 0.4) is 0 Å². The summed E-state index contributed by atoms with van der Waals surface area (Å²) in [6, 6.07) is 0. The van der Waals surface area contributed by atoms with Crippen LogP contribution in [0.25, 0.3) is 0 Å². The highest BCUT2D eigenvalue weighted by Gasteiger charge is 2.26. The van der Waals surface area contributed by atoms with Gasteiger partial charge in [0.05, 0.1) is 0 Å². The highest BCUT2D eigenvalue weighted by Crippen LogP contribution is 2.37. The first kappa shape index (κ1) is 9.09. The molecule has 0 N–H and O–H groups in total. The maximum absolute atomic E-state index is 2.41. The van der Waals surface area contributed by atoms with E-state index in [1.165, 1.54) is 32.1 Å². The van der Waals surface area contributed by atoms with Crippen molar-refractivity contribution in [2.24, 2.45) is 17.8 Å². The van der Waals surface area contributed by atoms with Gasteiger partial charge in [-0.2, -0.15) is 0 Å². The van der Waals surface area contributed by atoms with Crippen LogP contribution in [-0.4, -0.2) is 0 Å². The Morgan fingerprint density at radius 3 is 2.45 bits per heavy atom. The van der Waals surface area contributed by atoms with E-state index in [1.807, 2.05) is 0 Å². The van der Waals surface area contributed by atoms with E-state index in [-0.39, 0.29) is 0 Å². The Bertz CT molecular complexity index is 107. The zero-order valence-electron chi connectivity index (χ0n) is 8.27. The van der Waals surface area contributed by atoms with Gasteiger partial charge in [0.15, 0.2) is 0 Å². The third-order valence-corrected chi connectivity index (χ3v) is 3.52. The third kappa shape index (κ3) is 2.50. The molecule has 0 bridgehead atoms. The summed E-state index contributed by atoms with van der Waals surface area (Å²) in [5, 5.41) is 0. The molecule has 1 aliphatic rings. The lowest BCUT2D eigenvalue weighted by Gasteiger charge is -2.34. The average molecular weight is 154 g/mol. The molecule has 3 atom stereocenters. The van der Waals surface area contributed by atoms with E-state index in [2.05, 4.69) is 20.8 Å². The van der Waals surface area contributed by atoms with Crippen LogP contribution in [0, 0.1) is 17.8 Å². The highest BCUT2D eigenvalue weighted by molar-refractivity contribution is 4.77. The molecular weight excluding hydrogens is 132 g/mol. The predicted molar refractivity (Wildman–Crippen MR) is 50.6 cm³/mol. The van der Waals surface area contributed by atoms with Gasteiger partial charge in [-0.25, -0.2) is 0 Å². The second-order valence-corrected chi connectivity index (χ2v) is 4.41. The first-order valence-electron chi connectivity index (χ1n) is 5.24. The molecule has 0 nitrogen and oxygen atoms in total. The van der Waals surface area contributed by atoms with Gasteiger partial charge >= 0.3 is 0 Å². The number of hydrogen-bond acceptors (Lipinski definition) is 0. The van der Waals surface area contributed by atoms with E-state index in [0.717, 1.165) is 17.8 Å². The molecule has 0 saturated heterocycles. The van der Waals surface area contributed by atoms with Crippen LogP contribution >= 0.6 is 0 Å². The van der Waals surface area contributed by atoms with E-state index in [4.69, 9.17) is 0 Å². The minimum atomic E-state index is 0.961. The zero-order chi connectivity index (χ0) is 8.27. The van der Waals surface area contributed by atoms with Crippen molar-refractivity contribution in [2.75, 3.05) is 0 Å². The lowest BCUT2D eigenvalue weighted by atomic mass is 9.72. The molecule has 0 aliphatic heterocycles. The highest BCUT2D eigenvalue weighted by atomic mass is 14.3. The molecule has 0 aromatic heterocycles. The number of hydrogen-bond donors (Lipinski definition) is 0. The Labute approximate surface area is 71.4 Å². The van der Waals surface area contributed by atoms with E-state index >= 15 is 0 Å². The SMILES string of the molecule is CCC(C)CCC1CCC1C. The molecule has 1 rings (SSSR count). The molecule has 0 radical (unpaired) electrons. The average Bonchev–Trinajstić information content (AvgIpc) is 2.01. The standard InChI is InChI=1S/C11H22/c1-4-9(2)5-7-11-8-6-10(11)3/h9-11H,4-8H2,1-3H3. The van der Waals surface area contributed by atoms with Crippen molar-refractivity contribution < 1.29 is 0 Å². The molecule has 0 heteroatoms. The minimum absolute atomic E-state index is 0.961. The van der Waals surface area contributed by atoms with E-state index in [0.29, 0.717) is 0 Å². The Morgan fingerprint density at radius 1 is 1.36 bits per heavy atom. The molecule has 3 unspecified atom stereocenters. The predicted octanol–water partition coefficient (Wildman–Crippen LogP) is 3.86. The monoisotopic (exact) mass is 154 g/mol. The van der Waals surface area contributed by atoms with Crippen LogP contribution in [0.5, 0.6) is 0 Å². The van der Waals surface area contributed by atoms with Crippen molar-refractivity contribution in [3.63, 3.8) is 0 Å². The van der Waals surface area contributed by atoms with Crippen LogP contribution in [0.15, 0.2) is 0 Å². The quantitative estimate of drug-likeness (QED) is 0.577. The number of rotatable bonds is 4. The Balaban J connectivity index is 2.02. The second kappa shape index (κ2) is 4.13. The maximum Gasteiger partial charge on any atom is -0.0388 e. The molecule has 0 heterocycles. The summed E-state index contributed by atoms with van der Waals surface area (Å²) >= 11 is 0. The largest absolute Gasteiger partial charge is 0.0651 e. The van der Waals surface area contributed by atoms with Crippen molar-refractivity contribution >= 4 is 0 Å². The second-order valence-electron chi connectivity index (χ2n) is 4.41. The first-order valence-corrected chi connectivity index (χ1v) is 5.24. The van der Waals surface area contributed by atoms with Crippen molar-refractivity contribution in [1.82, 2.24) is 0 Å². The minimum Gasteiger partial charge on any atom is -0.0651 e. The van der Waals surface area contributed by atoms with Gasteiger partial charge < -0.3 is 0 Å². The Hall–Kier alpha value is 0. The Kier molecular flexibility index (Phi) is 3.42. The van der Waals surface area contributed by atoms with Gasteiger partial charge in [-0.15, -0.1) is 0 Å². The molecule has 0 amide bonds. The van der Waals surface area contributed by atoms with Crippen molar-refractivity contribution in [1.29, 1.82) is 0 Å². The fourth-order valence-corrected chi connectivity index (χ4v) is 1.87. The summed E-state index contributed by atoms with van der Waals surface area (Å²) in [5.74, 6) is 3.09. The molecule has 0 aromatic carbocycles. The van der Waals surface area contributed by atoms with Crippen molar-refractivity contribution in [3.05, 3.63) is 0 Å². The summed E-state index contributed by atoms with van der Waals surface area (Å²) in [6.45, 7) is 7.09. The third-order valence-electron chi connectivity index (χ3n) is 3.52. The molecule has 0 spiro atoms. The van der Waals surface area contributed by atoms with Gasteiger partial charge in [0.25, 0.3) is 0 Å². The molecule has 0 aromatic rings. The molecule has 66 valence electrons. The molecule has 1 fully saturated rings. The van der Waals surface area contributed by atoms with E-state index < -0.39 is 0 Å². The normalized spacial score (nSPS) is 33.0. The molecule has 11 heavy (non-hydrogen) atoms. The summed E-state index contributed by atoms with van der Waals surface area (Å²) in [6.07, 6.45) is 7.32. The van der Waals surface area contributed by atoms with E-state index in [1.54, 1.807) is 0 Å². The smallest absolute Gasteiger partial charge is 0.0388 e. The maximum atomic E-state index is 2.41. The van der Waals surface area contributed by atoms with Crippen LogP contribution < -0.4 is 0 Å². The van der Waals surface area contributed by atoms with Gasteiger partial charge in [-0.3, -0.25) is 0 Å². The molecular formula is C11H22. The lowest BCUT2D eigenvalue weighted by molar-refractivity contribution is 0.172. The summed E-state index contributed by atoms with van der Waals surface area (Å²) in [7, 11) is 0. The van der Waals surface area contributed by atoms with Crippen LogP contribution in [0.4, 0.5) is 0 Å². The zero-order valence-corrected chi connectivity index (χ0v) is 8.27. The topological polar surface area (TPSA) is 0 Å². The van der Waals surface area contributed by atoms with Gasteiger partial charge in [0.1, 0.15) is 0 Å². The summed E-state index contributed by atoms with van der Waals surface area (Å²) in [5.41, 5.74) is 0. The van der Waals surface area contributed by atoms with Gasteiger partial charge in [-0.1, -0.05) is 40.0 Å². The van der Waals surface area contributed by atoms with E-state index in [9.17, 15) is 0 Å². The molecule has 1 aliphatic carbocycles. The van der Waals surface area contributed by atoms with Crippen LogP contribution in [0.2, 0.25) is 0 Å². The summed E-state index contributed by atoms with van der Waals surface area (Å²) in [4.78, 5) is 0. The van der Waals surface area contributed by atoms with Gasteiger partial charge in [-0.05, 0) is 30.6 Å². The van der Waals surface area contributed by atoms with Crippen molar-refractivity contribution in [2.45, 2.75) is 52.9 Å². The van der Waals surface area contributed by atoms with Crippen molar-refractivity contribution in [3.8, 4) is 0 Å². The first-order chi connectivity index (χ1) is 5.24. The van der Waals surface area contributed by atoms with Crippen LogP contribution in [-0.2, 0) is 0 Å². The fraction of sp³-hybridized carbons (Fsp3) is 1.00. The summed E-state index contributed by atoms with van der Waals surface area (Å²) < 4.78 is 0. The van der Waals surface area contributed by atoms with Gasteiger partial charge in [0, 0.05) is 0 Å². The van der Waals surface area contributed by atoms with Gasteiger partial charge in [0.2, 0.25) is 0 Å². The molecule has 1 saturated carbocycles. The lowest BCUT2D eigenvalue weighted by Crippen LogP contribution is -2.23. The van der Waals surface area contributed by atoms with Crippen LogP contribution in [0.1, 0.15) is 52.9 Å².